The van der Waals surface area contributed by atoms with E-state index in [4.69, 9.17) is 5.26 Å². The summed E-state index contributed by atoms with van der Waals surface area (Å²) in [6.07, 6.45) is 5.96. The van der Waals surface area contributed by atoms with Crippen molar-refractivity contribution in [2.45, 2.75) is 19.5 Å². The van der Waals surface area contributed by atoms with Crippen molar-refractivity contribution in [3.63, 3.8) is 0 Å². The van der Waals surface area contributed by atoms with Gasteiger partial charge in [-0.3, -0.25) is 4.79 Å². The molecule has 1 heterocycles. The molecule has 0 spiro atoms. The van der Waals surface area contributed by atoms with Crippen LogP contribution in [-0.2, 0) is 17.9 Å². The van der Waals surface area contributed by atoms with Gasteiger partial charge in [-0.2, -0.15) is 5.26 Å². The Labute approximate surface area is 176 Å². The average molecular weight is 393 g/mol. The van der Waals surface area contributed by atoms with Crippen molar-refractivity contribution in [1.29, 1.82) is 5.26 Å². The maximum Gasteiger partial charge on any atom is 0.246 e. The highest BCUT2D eigenvalue weighted by atomic mass is 16.2. The molecule has 30 heavy (non-hydrogen) atoms. The molecule has 0 aliphatic heterocycles. The summed E-state index contributed by atoms with van der Waals surface area (Å²) in [6.45, 7) is 1.19. The monoisotopic (exact) mass is 393 g/mol. The van der Waals surface area contributed by atoms with Gasteiger partial charge in [-0.25, -0.2) is 0 Å². The predicted octanol–water partition coefficient (Wildman–Crippen LogP) is 5.38. The number of carbonyl (C=O) groups is 1. The van der Waals surface area contributed by atoms with Gasteiger partial charge in [0.25, 0.3) is 0 Å². The van der Waals surface area contributed by atoms with E-state index in [-0.39, 0.29) is 5.91 Å². The lowest BCUT2D eigenvalue weighted by atomic mass is 10.0. The summed E-state index contributed by atoms with van der Waals surface area (Å²) in [7, 11) is 1.82. The van der Waals surface area contributed by atoms with Crippen LogP contribution >= 0.6 is 0 Å². The third kappa shape index (κ3) is 3.97. The maximum absolute atomic E-state index is 12.8. The zero-order valence-corrected chi connectivity index (χ0v) is 17.0. The van der Waals surface area contributed by atoms with E-state index in [1.54, 1.807) is 11.0 Å². The summed E-state index contributed by atoms with van der Waals surface area (Å²) in [5.41, 5.74) is 3.19. The van der Waals surface area contributed by atoms with E-state index in [1.807, 2.05) is 61.8 Å². The number of likely N-dealkylation sites (N-methyl/N-ethyl adjacent to an activating group) is 1. The second kappa shape index (κ2) is 8.67. The Morgan fingerprint density at radius 3 is 2.60 bits per heavy atom. The molecular formula is C26H23N3O. The molecule has 0 N–H and O–H groups in total. The average Bonchev–Trinajstić information content (AvgIpc) is 3.14. The van der Waals surface area contributed by atoms with E-state index in [2.05, 4.69) is 34.9 Å². The first kappa shape index (κ1) is 19.5. The van der Waals surface area contributed by atoms with Crippen molar-refractivity contribution in [2.24, 2.45) is 0 Å². The normalized spacial score (nSPS) is 11.2. The van der Waals surface area contributed by atoms with Crippen LogP contribution in [0.4, 0.5) is 0 Å². The topological polar surface area (TPSA) is 49.0 Å². The Morgan fingerprint density at radius 2 is 1.77 bits per heavy atom. The molecule has 0 aliphatic rings. The highest BCUT2D eigenvalue weighted by Crippen LogP contribution is 2.23. The molecule has 4 rings (SSSR count). The Kier molecular flexibility index (Phi) is 5.63. The first-order valence-electron chi connectivity index (χ1n) is 10.0. The number of hydrogen-bond acceptors (Lipinski definition) is 2. The third-order valence-corrected chi connectivity index (χ3v) is 5.35. The van der Waals surface area contributed by atoms with Gasteiger partial charge < -0.3 is 9.47 Å². The summed E-state index contributed by atoms with van der Waals surface area (Å²) in [6, 6.07) is 24.7. The predicted molar refractivity (Wildman–Crippen MR) is 122 cm³/mol. The van der Waals surface area contributed by atoms with Gasteiger partial charge in [0.2, 0.25) is 5.91 Å². The standard InChI is InChI=1S/C26H23N3O/c1-28(18-21-10-6-9-20-8-2-3-11-23(20)21)26(30)15-14-22-19-29(17-7-16-27)25-13-5-4-12-24(22)25/h2-6,8-15,19H,7,17-18H2,1H3/b15-14+. The molecular weight excluding hydrogens is 370 g/mol. The number of aryl methyl sites for hydroxylation is 1. The molecule has 148 valence electrons. The van der Waals surface area contributed by atoms with Gasteiger partial charge in [-0.05, 0) is 28.5 Å². The van der Waals surface area contributed by atoms with Crippen molar-refractivity contribution in [1.82, 2.24) is 9.47 Å². The molecule has 0 radical (unpaired) electrons. The zero-order valence-electron chi connectivity index (χ0n) is 17.0. The second-order valence-electron chi connectivity index (χ2n) is 7.37. The van der Waals surface area contributed by atoms with Gasteiger partial charge >= 0.3 is 0 Å². The minimum atomic E-state index is -0.0446. The number of carbonyl (C=O) groups excluding carboxylic acids is 1. The van der Waals surface area contributed by atoms with Gasteiger partial charge in [0, 0.05) is 48.9 Å². The molecule has 1 amide bonds. The van der Waals surface area contributed by atoms with Crippen LogP contribution in [-0.4, -0.2) is 22.4 Å². The van der Waals surface area contributed by atoms with Crippen molar-refractivity contribution >= 4 is 33.7 Å². The number of benzene rings is 3. The number of nitriles is 1. The molecule has 4 aromatic rings. The molecule has 0 bridgehead atoms. The van der Waals surface area contributed by atoms with E-state index in [0.717, 1.165) is 22.0 Å². The van der Waals surface area contributed by atoms with Gasteiger partial charge in [0.1, 0.15) is 0 Å². The number of nitrogens with zero attached hydrogens (tertiary/aromatic N) is 3. The van der Waals surface area contributed by atoms with Gasteiger partial charge in [-0.15, -0.1) is 0 Å². The molecule has 0 unspecified atom stereocenters. The minimum Gasteiger partial charge on any atom is -0.346 e. The SMILES string of the molecule is CN(Cc1cccc2ccccc12)C(=O)/C=C/c1cn(CCC#N)c2ccccc12. The summed E-state index contributed by atoms with van der Waals surface area (Å²) in [5, 5.41) is 12.3. The molecule has 3 aromatic carbocycles. The first-order valence-corrected chi connectivity index (χ1v) is 10.0. The molecule has 0 aliphatic carbocycles. The number of fused-ring (bicyclic) bond motifs is 2. The quantitative estimate of drug-likeness (QED) is 0.413. The highest BCUT2D eigenvalue weighted by molar-refractivity contribution is 5.96. The molecule has 0 fully saturated rings. The van der Waals surface area contributed by atoms with E-state index >= 15 is 0 Å². The minimum absolute atomic E-state index is 0.0446. The Morgan fingerprint density at radius 1 is 1.03 bits per heavy atom. The lowest BCUT2D eigenvalue weighted by molar-refractivity contribution is -0.125. The lowest BCUT2D eigenvalue weighted by Gasteiger charge is -2.16. The smallest absolute Gasteiger partial charge is 0.246 e. The Bertz CT molecular complexity index is 1270. The van der Waals surface area contributed by atoms with E-state index in [0.29, 0.717) is 19.5 Å². The number of amides is 1. The van der Waals surface area contributed by atoms with Crippen LogP contribution < -0.4 is 0 Å². The number of aromatic nitrogens is 1. The lowest BCUT2D eigenvalue weighted by Crippen LogP contribution is -2.24. The third-order valence-electron chi connectivity index (χ3n) is 5.35. The van der Waals surface area contributed by atoms with Crippen molar-refractivity contribution in [3.8, 4) is 6.07 Å². The van der Waals surface area contributed by atoms with Crippen LogP contribution in [0.1, 0.15) is 17.5 Å². The van der Waals surface area contributed by atoms with Crippen molar-refractivity contribution in [2.75, 3.05) is 7.05 Å². The fraction of sp³-hybridized carbons (Fsp3) is 0.154. The summed E-state index contributed by atoms with van der Waals surface area (Å²) in [5.74, 6) is -0.0446. The zero-order chi connectivity index (χ0) is 20.9. The van der Waals surface area contributed by atoms with Crippen LogP contribution in [0.2, 0.25) is 0 Å². The number of hydrogen-bond donors (Lipinski definition) is 0. The first-order chi connectivity index (χ1) is 14.7. The maximum atomic E-state index is 12.8. The van der Waals surface area contributed by atoms with Crippen molar-refractivity contribution in [3.05, 3.63) is 90.1 Å². The van der Waals surface area contributed by atoms with Gasteiger partial charge in [0.05, 0.1) is 12.5 Å². The summed E-state index contributed by atoms with van der Waals surface area (Å²) >= 11 is 0. The summed E-state index contributed by atoms with van der Waals surface area (Å²) < 4.78 is 2.07. The Balaban J connectivity index is 1.54. The molecule has 0 atom stereocenters. The van der Waals surface area contributed by atoms with Crippen LogP contribution in [0.15, 0.2) is 79.0 Å². The van der Waals surface area contributed by atoms with E-state index in [9.17, 15) is 4.79 Å². The fourth-order valence-corrected chi connectivity index (χ4v) is 3.82. The molecule has 4 heteroatoms. The fourth-order valence-electron chi connectivity index (χ4n) is 3.82. The van der Waals surface area contributed by atoms with E-state index in [1.165, 1.54) is 10.8 Å². The number of para-hydroxylation sites is 1. The van der Waals surface area contributed by atoms with Crippen LogP contribution in [0.25, 0.3) is 27.8 Å². The highest BCUT2D eigenvalue weighted by Gasteiger charge is 2.10. The molecule has 1 aromatic heterocycles. The molecule has 4 nitrogen and oxygen atoms in total. The number of rotatable bonds is 6. The molecule has 0 saturated carbocycles. The molecule has 0 saturated heterocycles. The second-order valence-corrected chi connectivity index (χ2v) is 7.37. The van der Waals surface area contributed by atoms with Crippen LogP contribution in [0.3, 0.4) is 0 Å². The van der Waals surface area contributed by atoms with Gasteiger partial charge in [-0.1, -0.05) is 60.7 Å². The largest absolute Gasteiger partial charge is 0.346 e. The van der Waals surface area contributed by atoms with Gasteiger partial charge in [0.15, 0.2) is 0 Å². The van der Waals surface area contributed by atoms with Crippen LogP contribution in [0.5, 0.6) is 0 Å². The Hall–Kier alpha value is -3.84. The van der Waals surface area contributed by atoms with Crippen LogP contribution in [0, 0.1) is 11.3 Å². The summed E-state index contributed by atoms with van der Waals surface area (Å²) in [4.78, 5) is 14.5. The van der Waals surface area contributed by atoms with Crippen molar-refractivity contribution < 1.29 is 4.79 Å². The van der Waals surface area contributed by atoms with E-state index < -0.39 is 0 Å².